The quantitative estimate of drug-likeness (QED) is 0.519. The Morgan fingerprint density at radius 3 is 2.36 bits per heavy atom. The molecule has 3 rings (SSSR count). The van der Waals surface area contributed by atoms with Crippen molar-refractivity contribution in [3.05, 3.63) is 23.8 Å². The van der Waals surface area contributed by atoms with Gasteiger partial charge in [-0.05, 0) is 67.4 Å². The number of rotatable bonds is 7. The number of allylic oxidation sites excluding steroid dienone is 4. The van der Waals surface area contributed by atoms with Crippen LogP contribution < -0.4 is 0 Å². The van der Waals surface area contributed by atoms with Crippen LogP contribution in [0.5, 0.6) is 0 Å². The minimum Gasteiger partial charge on any atom is -0.481 e. The van der Waals surface area contributed by atoms with Gasteiger partial charge in [0.25, 0.3) is 0 Å². The monoisotopic (exact) mass is 462 g/mol. The number of ketones is 2. The maximum absolute atomic E-state index is 12.4. The number of carboxylic acids is 1. The van der Waals surface area contributed by atoms with Gasteiger partial charge >= 0.3 is 5.97 Å². The van der Waals surface area contributed by atoms with Crippen LogP contribution in [0.4, 0.5) is 0 Å². The summed E-state index contributed by atoms with van der Waals surface area (Å²) >= 11 is 0. The Bertz CT molecular complexity index is 798. The van der Waals surface area contributed by atoms with Gasteiger partial charge < -0.3 is 15.3 Å². The topological polar surface area (TPSA) is 112 Å². The van der Waals surface area contributed by atoms with Crippen molar-refractivity contribution in [1.29, 1.82) is 0 Å². The lowest BCUT2D eigenvalue weighted by molar-refractivity contribution is -0.137. The summed E-state index contributed by atoms with van der Waals surface area (Å²) in [5.74, 6) is -0.298. The minimum absolute atomic E-state index is 0.0255. The summed E-state index contributed by atoms with van der Waals surface area (Å²) in [5, 5.41) is 28.6. The molecule has 7 atom stereocenters. The van der Waals surface area contributed by atoms with Gasteiger partial charge in [0.05, 0.1) is 6.10 Å². The second-order valence-electron chi connectivity index (χ2n) is 10.7. The Morgan fingerprint density at radius 1 is 1.18 bits per heavy atom. The van der Waals surface area contributed by atoms with Crippen molar-refractivity contribution in [3.63, 3.8) is 0 Å². The van der Waals surface area contributed by atoms with Crippen molar-refractivity contribution < 1.29 is 29.7 Å². The molecule has 6 nitrogen and oxygen atoms in total. The summed E-state index contributed by atoms with van der Waals surface area (Å²) in [6.07, 6.45) is 10.1. The lowest BCUT2D eigenvalue weighted by Crippen LogP contribution is -2.50. The van der Waals surface area contributed by atoms with Gasteiger partial charge in [0, 0.05) is 17.8 Å². The van der Waals surface area contributed by atoms with Gasteiger partial charge in [-0.3, -0.25) is 14.4 Å². The Labute approximate surface area is 198 Å². The fourth-order valence-corrected chi connectivity index (χ4v) is 6.81. The van der Waals surface area contributed by atoms with Crippen molar-refractivity contribution in [2.24, 2.45) is 34.5 Å². The molecule has 0 amide bonds. The number of aliphatic hydroxyl groups excluding tert-OH is 2. The molecule has 0 bridgehead atoms. The van der Waals surface area contributed by atoms with E-state index in [1.165, 1.54) is 0 Å². The number of hydrogen-bond acceptors (Lipinski definition) is 5. The SMILES string of the molecule is CCC1=CC(=O)C=CC1(C)C1CC2CC(C)C(C(=O)CO)C2(C)CC1O.CCCCC(=O)O. The normalized spacial score (nSPS) is 37.6. The molecule has 7 unspecified atom stereocenters. The van der Waals surface area contributed by atoms with Crippen molar-refractivity contribution in [3.8, 4) is 0 Å². The fraction of sp³-hybridized carbons (Fsp3) is 0.741. The number of fused-ring (bicyclic) bond motifs is 1. The number of aliphatic hydroxyl groups is 2. The molecule has 3 aliphatic rings. The van der Waals surface area contributed by atoms with Gasteiger partial charge in [-0.2, -0.15) is 0 Å². The third-order valence-corrected chi connectivity index (χ3v) is 8.52. The second kappa shape index (κ2) is 11.1. The summed E-state index contributed by atoms with van der Waals surface area (Å²) in [4.78, 5) is 34.0. The predicted molar refractivity (Wildman–Crippen MR) is 127 cm³/mol. The summed E-state index contributed by atoms with van der Waals surface area (Å²) < 4.78 is 0. The molecule has 3 N–H and O–H groups in total. The zero-order chi connectivity index (χ0) is 25.0. The standard InChI is InChI=1S/C22H32O4.C5H10O2/c1-5-14-9-16(24)6-7-21(14,3)17-10-15-8-13(2)20(19(26)12-23)22(15,4)11-18(17)25;1-2-3-4-5(6)7/h6-7,9,13,15,17-18,20,23,25H,5,8,10-12H2,1-4H3;2-4H2,1H3,(H,6,7). The van der Waals surface area contributed by atoms with Crippen LogP contribution in [0.2, 0.25) is 0 Å². The van der Waals surface area contributed by atoms with Crippen molar-refractivity contribution in [1.82, 2.24) is 0 Å². The summed E-state index contributed by atoms with van der Waals surface area (Å²) in [7, 11) is 0. The number of hydrogen-bond donors (Lipinski definition) is 3. The molecule has 0 aliphatic heterocycles. The Balaban J connectivity index is 0.000000479. The Kier molecular flexibility index (Phi) is 9.23. The van der Waals surface area contributed by atoms with Crippen molar-refractivity contribution >= 4 is 17.5 Å². The minimum atomic E-state index is -0.693. The number of carbonyl (C=O) groups is 3. The van der Waals surface area contributed by atoms with Crippen LogP contribution >= 0.6 is 0 Å². The summed E-state index contributed by atoms with van der Waals surface area (Å²) in [6, 6.07) is 0. The third-order valence-electron chi connectivity index (χ3n) is 8.52. The maximum atomic E-state index is 12.4. The van der Waals surface area contributed by atoms with Crippen LogP contribution in [-0.4, -0.2) is 45.6 Å². The summed E-state index contributed by atoms with van der Waals surface area (Å²) in [6.45, 7) is 9.98. The van der Waals surface area contributed by atoms with Crippen LogP contribution in [0.1, 0.15) is 79.6 Å². The molecule has 3 aliphatic carbocycles. The van der Waals surface area contributed by atoms with E-state index in [1.807, 2.05) is 13.0 Å². The molecular formula is C27H42O6. The second-order valence-corrected chi connectivity index (χ2v) is 10.7. The van der Waals surface area contributed by atoms with Crippen molar-refractivity contribution in [2.45, 2.75) is 85.7 Å². The first-order chi connectivity index (χ1) is 15.4. The molecule has 0 aromatic heterocycles. The molecule has 2 fully saturated rings. The van der Waals surface area contributed by atoms with Gasteiger partial charge in [-0.15, -0.1) is 0 Å². The number of carbonyl (C=O) groups excluding carboxylic acids is 2. The molecular weight excluding hydrogens is 420 g/mol. The van der Waals surface area contributed by atoms with E-state index in [2.05, 4.69) is 27.7 Å². The number of aliphatic carboxylic acids is 1. The number of unbranched alkanes of at least 4 members (excludes halogenated alkanes) is 1. The molecule has 33 heavy (non-hydrogen) atoms. The first kappa shape index (κ1) is 27.5. The smallest absolute Gasteiger partial charge is 0.303 e. The van der Waals surface area contributed by atoms with E-state index in [4.69, 9.17) is 5.11 Å². The molecule has 6 heteroatoms. The van der Waals surface area contributed by atoms with E-state index in [-0.39, 0.29) is 40.2 Å². The zero-order valence-electron chi connectivity index (χ0n) is 20.8. The number of carboxylic acid groups (broad SMARTS) is 1. The zero-order valence-corrected chi connectivity index (χ0v) is 20.8. The number of Topliss-reactive ketones (excluding diaryl/α,β-unsaturated/α-hetero) is 1. The van der Waals surface area contributed by atoms with Gasteiger partial charge in [0.15, 0.2) is 11.6 Å². The molecule has 0 heterocycles. The molecule has 186 valence electrons. The molecule has 0 radical (unpaired) electrons. The predicted octanol–water partition coefficient (Wildman–Crippen LogP) is 4.34. The molecule has 0 aromatic rings. The maximum Gasteiger partial charge on any atom is 0.303 e. The van der Waals surface area contributed by atoms with E-state index >= 15 is 0 Å². The van der Waals surface area contributed by atoms with Gasteiger partial charge in [-0.1, -0.05) is 52.7 Å². The highest BCUT2D eigenvalue weighted by atomic mass is 16.4. The van der Waals surface area contributed by atoms with Gasteiger partial charge in [0.2, 0.25) is 0 Å². The fourth-order valence-electron chi connectivity index (χ4n) is 6.81. The highest BCUT2D eigenvalue weighted by Crippen LogP contribution is 2.62. The molecule has 0 saturated heterocycles. The van der Waals surface area contributed by atoms with Crippen LogP contribution in [0.3, 0.4) is 0 Å². The van der Waals surface area contributed by atoms with E-state index in [9.17, 15) is 24.6 Å². The largest absolute Gasteiger partial charge is 0.481 e. The average molecular weight is 463 g/mol. The third kappa shape index (κ3) is 5.65. The lowest BCUT2D eigenvalue weighted by Gasteiger charge is -2.51. The first-order valence-electron chi connectivity index (χ1n) is 12.4. The molecule has 0 spiro atoms. The highest BCUT2D eigenvalue weighted by molar-refractivity contribution is 6.01. The highest BCUT2D eigenvalue weighted by Gasteiger charge is 2.59. The first-order valence-corrected chi connectivity index (χ1v) is 12.4. The lowest BCUT2D eigenvalue weighted by atomic mass is 9.54. The van der Waals surface area contributed by atoms with Crippen molar-refractivity contribution in [2.75, 3.05) is 6.61 Å². The van der Waals surface area contributed by atoms with E-state index in [0.717, 1.165) is 37.7 Å². The molecule has 0 aromatic carbocycles. The van der Waals surface area contributed by atoms with Gasteiger partial charge in [-0.25, -0.2) is 0 Å². The van der Waals surface area contributed by atoms with E-state index < -0.39 is 18.7 Å². The Hall–Kier alpha value is -1.79. The average Bonchev–Trinajstić information content (AvgIpc) is 3.01. The van der Waals surface area contributed by atoms with Crippen LogP contribution in [0.15, 0.2) is 23.8 Å². The Morgan fingerprint density at radius 2 is 1.85 bits per heavy atom. The van der Waals surface area contributed by atoms with E-state index in [0.29, 0.717) is 18.8 Å². The van der Waals surface area contributed by atoms with Crippen LogP contribution in [0, 0.1) is 34.5 Å². The summed E-state index contributed by atoms with van der Waals surface area (Å²) in [5.41, 5.74) is 0.522. The van der Waals surface area contributed by atoms with Crippen LogP contribution in [0.25, 0.3) is 0 Å². The van der Waals surface area contributed by atoms with E-state index in [1.54, 1.807) is 12.2 Å². The van der Waals surface area contributed by atoms with Gasteiger partial charge in [0.1, 0.15) is 6.61 Å². The van der Waals surface area contributed by atoms with Crippen LogP contribution in [-0.2, 0) is 14.4 Å². The molecule has 2 saturated carbocycles.